The van der Waals surface area contributed by atoms with E-state index in [0.29, 0.717) is 36.4 Å². The molecule has 0 saturated carbocycles. The van der Waals surface area contributed by atoms with E-state index in [0.717, 1.165) is 40.3 Å². The number of aryl methyl sites for hydroxylation is 1. The zero-order valence-electron chi connectivity index (χ0n) is 22.7. The van der Waals surface area contributed by atoms with Crippen molar-refractivity contribution in [2.24, 2.45) is 16.8 Å². The second-order valence-electron chi connectivity index (χ2n) is 10.4. The lowest BCUT2D eigenvalue weighted by atomic mass is 9.94. The highest BCUT2D eigenvalue weighted by atomic mass is 32.2. The van der Waals surface area contributed by atoms with Crippen LogP contribution in [-0.2, 0) is 23.0 Å². The third-order valence-electron chi connectivity index (χ3n) is 7.16. The van der Waals surface area contributed by atoms with Crippen LogP contribution in [0.2, 0.25) is 0 Å². The molecule has 2 heterocycles. The van der Waals surface area contributed by atoms with Gasteiger partial charge in [0.2, 0.25) is 10.0 Å². The van der Waals surface area contributed by atoms with Crippen LogP contribution in [0.5, 0.6) is 5.75 Å². The number of benzene rings is 3. The summed E-state index contributed by atoms with van der Waals surface area (Å²) in [7, 11) is -1.92. The van der Waals surface area contributed by atoms with Crippen LogP contribution in [0.25, 0.3) is 11.3 Å². The molecule has 5 rings (SSSR count). The van der Waals surface area contributed by atoms with Gasteiger partial charge in [-0.05, 0) is 66.6 Å². The lowest BCUT2D eigenvalue weighted by Crippen LogP contribution is -2.42. The molecule has 39 heavy (non-hydrogen) atoms. The van der Waals surface area contributed by atoms with Crippen LogP contribution in [0, 0.1) is 11.8 Å². The Kier molecular flexibility index (Phi) is 8.35. The zero-order valence-corrected chi connectivity index (χ0v) is 24.3. The lowest BCUT2D eigenvalue weighted by Gasteiger charge is -2.34. The van der Waals surface area contributed by atoms with Gasteiger partial charge in [-0.25, -0.2) is 13.4 Å². The molecule has 1 saturated heterocycles. The van der Waals surface area contributed by atoms with Crippen LogP contribution >= 0.6 is 11.3 Å². The molecule has 1 aromatic heterocycles. The number of ether oxygens (including phenoxy) is 1. The molecule has 0 unspecified atom stereocenters. The van der Waals surface area contributed by atoms with Gasteiger partial charge in [0.1, 0.15) is 5.75 Å². The summed E-state index contributed by atoms with van der Waals surface area (Å²) in [6.07, 6.45) is 1.86. The molecule has 6 nitrogen and oxygen atoms in total. The number of para-hydroxylation sites is 1. The number of thiazole rings is 1. The molecule has 0 radical (unpaired) electrons. The number of hydrogen-bond donors (Lipinski definition) is 0. The molecule has 0 spiro atoms. The van der Waals surface area contributed by atoms with Crippen LogP contribution in [0.1, 0.15) is 25.8 Å². The van der Waals surface area contributed by atoms with E-state index in [1.54, 1.807) is 28.8 Å². The monoisotopic (exact) mass is 561 g/mol. The maximum atomic E-state index is 13.6. The third kappa shape index (κ3) is 6.35. The number of piperidine rings is 1. The van der Waals surface area contributed by atoms with Crippen molar-refractivity contribution < 1.29 is 13.2 Å². The molecule has 0 amide bonds. The summed E-state index contributed by atoms with van der Waals surface area (Å²) in [6.45, 7) is 6.09. The zero-order chi connectivity index (χ0) is 27.4. The minimum atomic E-state index is -3.58. The smallest absolute Gasteiger partial charge is 0.243 e. The fourth-order valence-corrected chi connectivity index (χ4v) is 7.96. The average Bonchev–Trinajstić information content (AvgIpc) is 3.34. The van der Waals surface area contributed by atoms with E-state index >= 15 is 0 Å². The Balaban J connectivity index is 1.51. The number of nitrogens with zero attached hydrogens (tertiary/aromatic N) is 3. The molecule has 1 fully saturated rings. The average molecular weight is 562 g/mol. The summed E-state index contributed by atoms with van der Waals surface area (Å²) in [4.78, 5) is 6.14. The van der Waals surface area contributed by atoms with Crippen LogP contribution in [0.3, 0.4) is 0 Å². The van der Waals surface area contributed by atoms with Gasteiger partial charge in [-0.1, -0.05) is 56.3 Å². The van der Waals surface area contributed by atoms with E-state index in [2.05, 4.69) is 35.9 Å². The van der Waals surface area contributed by atoms with E-state index in [1.165, 1.54) is 5.56 Å². The number of rotatable bonds is 8. The molecule has 1 aliphatic heterocycles. The summed E-state index contributed by atoms with van der Waals surface area (Å²) in [5.41, 5.74) is 3.90. The molecule has 4 aromatic rings. The number of hydrogen-bond acceptors (Lipinski definition) is 5. The van der Waals surface area contributed by atoms with Crippen molar-refractivity contribution in [3.05, 3.63) is 94.6 Å². The second kappa shape index (κ2) is 11.9. The first-order chi connectivity index (χ1) is 18.8. The van der Waals surface area contributed by atoms with Gasteiger partial charge in [0.05, 0.1) is 23.4 Å². The summed E-state index contributed by atoms with van der Waals surface area (Å²) in [5, 5.41) is 2.08. The van der Waals surface area contributed by atoms with Crippen molar-refractivity contribution in [1.82, 2.24) is 8.87 Å². The Bertz CT molecular complexity index is 1570. The Hall–Kier alpha value is -3.20. The fraction of sp³-hybridized carbons (Fsp3) is 0.323. The van der Waals surface area contributed by atoms with Gasteiger partial charge in [0.25, 0.3) is 0 Å². The van der Waals surface area contributed by atoms with Crippen LogP contribution in [0.15, 0.2) is 94.1 Å². The molecule has 1 aliphatic rings. The lowest BCUT2D eigenvalue weighted by molar-refractivity contribution is 0.222. The maximum absolute atomic E-state index is 13.6. The highest BCUT2D eigenvalue weighted by Crippen LogP contribution is 2.29. The van der Waals surface area contributed by atoms with Gasteiger partial charge in [0, 0.05) is 30.6 Å². The number of aromatic nitrogens is 1. The highest BCUT2D eigenvalue weighted by Gasteiger charge is 2.31. The Labute approximate surface area is 235 Å². The summed E-state index contributed by atoms with van der Waals surface area (Å²) < 4.78 is 36.5. The van der Waals surface area contributed by atoms with Crippen molar-refractivity contribution >= 4 is 27.0 Å². The first kappa shape index (κ1) is 27.4. The van der Waals surface area contributed by atoms with Crippen LogP contribution in [0.4, 0.5) is 5.69 Å². The van der Waals surface area contributed by atoms with Gasteiger partial charge in [-0.2, -0.15) is 4.31 Å². The molecule has 204 valence electrons. The topological polar surface area (TPSA) is 63.9 Å². The Morgan fingerprint density at radius 1 is 0.949 bits per heavy atom. The van der Waals surface area contributed by atoms with Crippen molar-refractivity contribution in [1.29, 1.82) is 0 Å². The molecule has 0 bridgehead atoms. The van der Waals surface area contributed by atoms with Crippen LogP contribution in [-0.4, -0.2) is 37.5 Å². The van der Waals surface area contributed by atoms with Gasteiger partial charge in [0.15, 0.2) is 4.80 Å². The van der Waals surface area contributed by atoms with E-state index in [-0.39, 0.29) is 0 Å². The van der Waals surface area contributed by atoms with Gasteiger partial charge in [-0.15, -0.1) is 11.3 Å². The summed E-state index contributed by atoms with van der Waals surface area (Å²) >= 11 is 1.57. The summed E-state index contributed by atoms with van der Waals surface area (Å²) in [5.74, 6) is 1.54. The third-order valence-corrected chi connectivity index (χ3v) is 9.86. The van der Waals surface area contributed by atoms with Gasteiger partial charge in [-0.3, -0.25) is 0 Å². The molecule has 0 aliphatic carbocycles. The highest BCUT2D eigenvalue weighted by molar-refractivity contribution is 7.89. The Morgan fingerprint density at radius 3 is 2.36 bits per heavy atom. The first-order valence-electron chi connectivity index (χ1n) is 13.3. The van der Waals surface area contributed by atoms with Crippen LogP contribution < -0.4 is 9.54 Å². The quantitative estimate of drug-likeness (QED) is 0.251. The largest absolute Gasteiger partial charge is 0.497 e. The SMILES string of the molecule is COc1ccc(CCn2c(-c3cccc(S(=O)(=O)N4C[C@H](C)C[C@H](C)C4)c3)csc2=Nc2ccccc2)cc1. The van der Waals surface area contributed by atoms with E-state index in [4.69, 9.17) is 9.73 Å². The molecule has 3 aromatic carbocycles. The molecular weight excluding hydrogens is 526 g/mol. The molecular formula is C31H35N3O3S2. The van der Waals surface area contributed by atoms with Crippen molar-refractivity contribution in [2.45, 2.75) is 38.1 Å². The first-order valence-corrected chi connectivity index (χ1v) is 15.7. The van der Waals surface area contributed by atoms with Crippen molar-refractivity contribution in [3.8, 4) is 17.0 Å². The molecule has 2 atom stereocenters. The molecule has 0 N–H and O–H groups in total. The van der Waals surface area contributed by atoms with Gasteiger partial charge >= 0.3 is 0 Å². The maximum Gasteiger partial charge on any atom is 0.243 e. The van der Waals surface area contributed by atoms with Crippen molar-refractivity contribution in [3.63, 3.8) is 0 Å². The molecule has 8 heteroatoms. The normalized spacial score (nSPS) is 18.8. The van der Waals surface area contributed by atoms with E-state index < -0.39 is 10.0 Å². The van der Waals surface area contributed by atoms with Crippen molar-refractivity contribution in [2.75, 3.05) is 20.2 Å². The van der Waals surface area contributed by atoms with E-state index in [9.17, 15) is 8.42 Å². The standard InChI is InChI=1S/C31H35N3O3S2/c1-23-18-24(2)21-33(20-23)39(35,36)29-11-7-8-26(19-29)30-22-38-31(32-27-9-5-4-6-10-27)34(30)17-16-25-12-14-28(37-3)15-13-25/h4-15,19,22-24H,16-18,20-21H2,1-3H3/t23-,24+. The predicted octanol–water partition coefficient (Wildman–Crippen LogP) is 6.37. The number of methoxy groups -OCH3 is 1. The van der Waals surface area contributed by atoms with E-state index in [1.807, 2.05) is 60.7 Å². The summed E-state index contributed by atoms with van der Waals surface area (Å²) in [6, 6.07) is 25.4. The minimum absolute atomic E-state index is 0.343. The number of sulfonamides is 1. The predicted molar refractivity (Wildman–Crippen MR) is 158 cm³/mol. The fourth-order valence-electron chi connectivity index (χ4n) is 5.28. The second-order valence-corrected chi connectivity index (χ2v) is 13.2. The van der Waals surface area contributed by atoms with Gasteiger partial charge < -0.3 is 9.30 Å². The Morgan fingerprint density at radius 2 is 1.67 bits per heavy atom. The minimum Gasteiger partial charge on any atom is -0.497 e.